The summed E-state index contributed by atoms with van der Waals surface area (Å²) in [5.41, 5.74) is 0.0295. The number of hydrogen-bond donors (Lipinski definition) is 1. The minimum Gasteiger partial charge on any atom is -0.492 e. The van der Waals surface area contributed by atoms with Gasteiger partial charge in [0.25, 0.3) is 0 Å². The van der Waals surface area contributed by atoms with Crippen molar-refractivity contribution in [1.29, 1.82) is 0 Å². The maximum atomic E-state index is 11.5. The standard InChI is InChI=1S/C20H28N2O3/c1-4-10-20(15-25-17-8-6-5-7-9-17)18(23)19(16(2)21-24-3)11-13-22(20)14-12-19/h4-9,18,23H,1,10-15H2,2-3H3. The summed E-state index contributed by atoms with van der Waals surface area (Å²) < 4.78 is 6.09. The molecule has 0 amide bonds. The highest BCUT2D eigenvalue weighted by molar-refractivity contribution is 5.89. The van der Waals surface area contributed by atoms with Crippen LogP contribution in [0.4, 0.5) is 0 Å². The van der Waals surface area contributed by atoms with Crippen molar-refractivity contribution in [3.63, 3.8) is 0 Å². The molecule has 25 heavy (non-hydrogen) atoms. The van der Waals surface area contributed by atoms with E-state index in [2.05, 4.69) is 16.6 Å². The van der Waals surface area contributed by atoms with Crippen LogP contribution in [-0.2, 0) is 4.84 Å². The number of benzene rings is 1. The van der Waals surface area contributed by atoms with Gasteiger partial charge < -0.3 is 14.7 Å². The second-order valence-electron chi connectivity index (χ2n) is 7.10. The second kappa shape index (κ2) is 7.18. The number of hydrogen-bond acceptors (Lipinski definition) is 5. The van der Waals surface area contributed by atoms with Crippen LogP contribution in [0.25, 0.3) is 0 Å². The van der Waals surface area contributed by atoms with E-state index in [1.165, 1.54) is 0 Å². The molecule has 4 rings (SSSR count). The average molecular weight is 344 g/mol. The molecular formula is C20H28N2O3. The highest BCUT2D eigenvalue weighted by atomic mass is 16.6. The molecule has 3 fully saturated rings. The summed E-state index contributed by atoms with van der Waals surface area (Å²) in [5, 5.41) is 15.6. The van der Waals surface area contributed by atoms with E-state index in [1.807, 2.05) is 43.3 Å². The normalized spacial score (nSPS) is 34.6. The quantitative estimate of drug-likeness (QED) is 0.469. The number of para-hydroxylation sites is 1. The van der Waals surface area contributed by atoms with Crippen molar-refractivity contribution in [3.05, 3.63) is 43.0 Å². The Hall–Kier alpha value is -1.85. The third-order valence-corrected chi connectivity index (χ3v) is 6.00. The van der Waals surface area contributed by atoms with E-state index >= 15 is 0 Å². The lowest BCUT2D eigenvalue weighted by molar-refractivity contribution is -0.169. The van der Waals surface area contributed by atoms with Gasteiger partial charge >= 0.3 is 0 Å². The summed E-state index contributed by atoms with van der Waals surface area (Å²) >= 11 is 0. The minimum atomic E-state index is -0.580. The van der Waals surface area contributed by atoms with Gasteiger partial charge in [-0.3, -0.25) is 4.90 Å². The molecule has 1 aromatic rings. The van der Waals surface area contributed by atoms with Crippen LogP contribution in [-0.4, -0.2) is 54.2 Å². The number of aliphatic hydroxyl groups excluding tert-OH is 1. The lowest BCUT2D eigenvalue weighted by atomic mass is 9.59. The zero-order chi connectivity index (χ0) is 17.9. The van der Waals surface area contributed by atoms with E-state index in [0.717, 1.165) is 37.4 Å². The number of nitrogens with zero attached hydrogens (tertiary/aromatic N) is 2. The van der Waals surface area contributed by atoms with Gasteiger partial charge in [-0.25, -0.2) is 0 Å². The number of aliphatic hydroxyl groups is 1. The fourth-order valence-corrected chi connectivity index (χ4v) is 4.54. The molecule has 0 aliphatic carbocycles. The first kappa shape index (κ1) is 18.0. The lowest BCUT2D eigenvalue weighted by Crippen LogP contribution is -2.74. The Balaban J connectivity index is 1.92. The summed E-state index contributed by atoms with van der Waals surface area (Å²) in [6.07, 6.45) is 3.74. The van der Waals surface area contributed by atoms with E-state index in [-0.39, 0.29) is 5.41 Å². The maximum Gasteiger partial charge on any atom is 0.119 e. The zero-order valence-electron chi connectivity index (χ0n) is 15.1. The van der Waals surface area contributed by atoms with Gasteiger partial charge in [0.05, 0.1) is 17.4 Å². The first-order valence-corrected chi connectivity index (χ1v) is 8.89. The average Bonchev–Trinajstić information content (AvgIpc) is 2.65. The molecule has 5 heteroatoms. The molecule has 3 saturated heterocycles. The van der Waals surface area contributed by atoms with Crippen LogP contribution in [0.15, 0.2) is 48.1 Å². The first-order chi connectivity index (χ1) is 12.1. The van der Waals surface area contributed by atoms with Gasteiger partial charge in [-0.2, -0.15) is 0 Å². The van der Waals surface area contributed by atoms with E-state index < -0.39 is 11.6 Å². The van der Waals surface area contributed by atoms with Crippen LogP contribution in [0.1, 0.15) is 26.2 Å². The Morgan fingerprint density at radius 1 is 1.36 bits per heavy atom. The Labute approximate surface area is 149 Å². The van der Waals surface area contributed by atoms with Crippen LogP contribution in [0.5, 0.6) is 5.75 Å². The highest BCUT2D eigenvalue weighted by Crippen LogP contribution is 2.50. The number of oxime groups is 1. The molecule has 1 N–H and O–H groups in total. The molecule has 1 aromatic carbocycles. The van der Waals surface area contributed by atoms with Crippen molar-refractivity contribution in [2.45, 2.75) is 37.8 Å². The molecule has 0 aromatic heterocycles. The van der Waals surface area contributed by atoms with Crippen molar-refractivity contribution in [2.75, 3.05) is 26.8 Å². The predicted molar refractivity (Wildman–Crippen MR) is 98.8 cm³/mol. The molecule has 3 heterocycles. The number of rotatable bonds is 7. The first-order valence-electron chi connectivity index (χ1n) is 8.89. The topological polar surface area (TPSA) is 54.3 Å². The summed E-state index contributed by atoms with van der Waals surface area (Å²) in [5.74, 6) is 0.817. The van der Waals surface area contributed by atoms with Gasteiger partial charge in [0.2, 0.25) is 0 Å². The van der Waals surface area contributed by atoms with Gasteiger partial charge in [-0.1, -0.05) is 29.4 Å². The third kappa shape index (κ3) is 2.96. The van der Waals surface area contributed by atoms with E-state index in [4.69, 9.17) is 9.57 Å². The number of piperidine rings is 3. The van der Waals surface area contributed by atoms with Gasteiger partial charge in [0, 0.05) is 5.41 Å². The monoisotopic (exact) mass is 344 g/mol. The van der Waals surface area contributed by atoms with Crippen LogP contribution in [0.2, 0.25) is 0 Å². The number of fused-ring (bicyclic) bond motifs is 3. The van der Waals surface area contributed by atoms with Crippen molar-refractivity contribution in [3.8, 4) is 5.75 Å². The minimum absolute atomic E-state index is 0.353. The maximum absolute atomic E-state index is 11.5. The summed E-state index contributed by atoms with van der Waals surface area (Å²) in [6.45, 7) is 8.15. The van der Waals surface area contributed by atoms with Gasteiger partial charge in [0.1, 0.15) is 19.5 Å². The molecule has 0 saturated carbocycles. The molecule has 3 aliphatic heterocycles. The van der Waals surface area contributed by atoms with Crippen LogP contribution in [0.3, 0.4) is 0 Å². The summed E-state index contributed by atoms with van der Waals surface area (Å²) in [6, 6.07) is 9.76. The molecule has 0 spiro atoms. The Morgan fingerprint density at radius 2 is 2.04 bits per heavy atom. The van der Waals surface area contributed by atoms with Crippen LogP contribution in [0, 0.1) is 5.41 Å². The lowest BCUT2D eigenvalue weighted by Gasteiger charge is -2.62. The molecular weight excluding hydrogens is 316 g/mol. The van der Waals surface area contributed by atoms with E-state index in [0.29, 0.717) is 13.0 Å². The van der Waals surface area contributed by atoms with E-state index in [9.17, 15) is 5.11 Å². The van der Waals surface area contributed by atoms with Gasteiger partial charge in [-0.15, -0.1) is 6.58 Å². The largest absolute Gasteiger partial charge is 0.492 e. The Bertz CT molecular complexity index is 623. The Kier molecular flexibility index (Phi) is 5.16. The van der Waals surface area contributed by atoms with Crippen molar-refractivity contribution < 1.29 is 14.7 Å². The Morgan fingerprint density at radius 3 is 2.64 bits per heavy atom. The van der Waals surface area contributed by atoms with Crippen LogP contribution >= 0.6 is 0 Å². The summed E-state index contributed by atoms with van der Waals surface area (Å²) in [4.78, 5) is 7.38. The second-order valence-corrected chi connectivity index (χ2v) is 7.10. The SMILES string of the molecule is C=CCC1(COc2ccccc2)C(O)C2(C(C)=NOC)CCN1CC2. The van der Waals surface area contributed by atoms with Crippen LogP contribution < -0.4 is 4.74 Å². The van der Waals surface area contributed by atoms with Crippen molar-refractivity contribution in [2.24, 2.45) is 10.6 Å². The highest BCUT2D eigenvalue weighted by Gasteiger charge is 2.61. The fourth-order valence-electron chi connectivity index (χ4n) is 4.54. The zero-order valence-corrected chi connectivity index (χ0v) is 15.1. The molecule has 0 radical (unpaired) electrons. The molecule has 2 atom stereocenters. The molecule has 136 valence electrons. The van der Waals surface area contributed by atoms with Crippen molar-refractivity contribution >= 4 is 5.71 Å². The van der Waals surface area contributed by atoms with E-state index in [1.54, 1.807) is 7.11 Å². The molecule has 2 bridgehead atoms. The molecule has 2 unspecified atom stereocenters. The van der Waals surface area contributed by atoms with Gasteiger partial charge in [0.15, 0.2) is 0 Å². The smallest absolute Gasteiger partial charge is 0.119 e. The molecule has 3 aliphatic rings. The fraction of sp³-hybridized carbons (Fsp3) is 0.550. The molecule has 5 nitrogen and oxygen atoms in total. The van der Waals surface area contributed by atoms with Crippen molar-refractivity contribution in [1.82, 2.24) is 4.90 Å². The predicted octanol–water partition coefficient (Wildman–Crippen LogP) is 2.86. The number of ether oxygens (including phenoxy) is 1. The third-order valence-electron chi connectivity index (χ3n) is 6.00. The summed E-state index contributed by atoms with van der Waals surface area (Å²) in [7, 11) is 1.56. The van der Waals surface area contributed by atoms with Gasteiger partial charge in [-0.05, 0) is 51.4 Å².